The minimum Gasteiger partial charge on any atom is -0.505 e. The highest BCUT2D eigenvalue weighted by Crippen LogP contribution is 2.04. The SMILES string of the molecule is CCNc1ncc(O)cn1. The summed E-state index contributed by atoms with van der Waals surface area (Å²) in [4.78, 5) is 7.59. The highest BCUT2D eigenvalue weighted by Gasteiger charge is 1.90. The number of hydrogen-bond acceptors (Lipinski definition) is 4. The topological polar surface area (TPSA) is 58.0 Å². The lowest BCUT2D eigenvalue weighted by Gasteiger charge is -1.98. The lowest BCUT2D eigenvalue weighted by Crippen LogP contribution is -2.00. The predicted octanol–water partition coefficient (Wildman–Crippen LogP) is 0.614. The van der Waals surface area contributed by atoms with E-state index in [4.69, 9.17) is 5.11 Å². The van der Waals surface area contributed by atoms with Crippen molar-refractivity contribution in [3.05, 3.63) is 12.4 Å². The summed E-state index contributed by atoms with van der Waals surface area (Å²) in [5.74, 6) is 0.627. The van der Waals surface area contributed by atoms with Crippen LogP contribution in [0.3, 0.4) is 0 Å². The molecule has 1 heterocycles. The van der Waals surface area contributed by atoms with Crippen LogP contribution in [0.2, 0.25) is 0 Å². The zero-order valence-corrected chi connectivity index (χ0v) is 5.70. The molecule has 1 aromatic rings. The van der Waals surface area contributed by atoms with Gasteiger partial charge in [-0.25, -0.2) is 9.97 Å². The van der Waals surface area contributed by atoms with Gasteiger partial charge in [-0.3, -0.25) is 0 Å². The Morgan fingerprint density at radius 2 is 2.10 bits per heavy atom. The lowest BCUT2D eigenvalue weighted by atomic mass is 10.6. The molecular formula is C6H9N3O. The second-order valence-electron chi connectivity index (χ2n) is 1.80. The summed E-state index contributed by atoms with van der Waals surface area (Å²) in [5, 5.41) is 11.7. The third-order valence-corrected chi connectivity index (χ3v) is 0.973. The van der Waals surface area contributed by atoms with E-state index in [1.54, 1.807) is 0 Å². The molecule has 4 nitrogen and oxygen atoms in total. The maximum absolute atomic E-state index is 8.77. The molecule has 1 aromatic heterocycles. The molecule has 0 amide bonds. The second kappa shape index (κ2) is 3.00. The average Bonchev–Trinajstić information content (AvgIpc) is 1.95. The summed E-state index contributed by atoms with van der Waals surface area (Å²) in [6.07, 6.45) is 2.70. The van der Waals surface area contributed by atoms with Crippen LogP contribution in [-0.4, -0.2) is 21.6 Å². The molecule has 2 N–H and O–H groups in total. The van der Waals surface area contributed by atoms with Crippen LogP contribution in [0.1, 0.15) is 6.92 Å². The number of nitrogens with zero attached hydrogens (tertiary/aromatic N) is 2. The average molecular weight is 139 g/mol. The first-order chi connectivity index (χ1) is 4.83. The maximum Gasteiger partial charge on any atom is 0.222 e. The van der Waals surface area contributed by atoms with E-state index in [9.17, 15) is 0 Å². The molecular weight excluding hydrogens is 130 g/mol. The van der Waals surface area contributed by atoms with Crippen molar-refractivity contribution in [3.8, 4) is 5.75 Å². The van der Waals surface area contributed by atoms with Crippen molar-refractivity contribution >= 4 is 5.95 Å². The third-order valence-electron chi connectivity index (χ3n) is 0.973. The number of aromatic nitrogens is 2. The summed E-state index contributed by atoms with van der Waals surface area (Å²) in [5.41, 5.74) is 0. The summed E-state index contributed by atoms with van der Waals surface area (Å²) in [7, 11) is 0. The number of aromatic hydroxyl groups is 1. The smallest absolute Gasteiger partial charge is 0.222 e. The van der Waals surface area contributed by atoms with E-state index in [-0.39, 0.29) is 5.75 Å². The Kier molecular flexibility index (Phi) is 2.04. The van der Waals surface area contributed by atoms with E-state index in [1.165, 1.54) is 12.4 Å². The Bertz CT molecular complexity index is 197. The van der Waals surface area contributed by atoms with Crippen molar-refractivity contribution in [2.24, 2.45) is 0 Å². The minimum atomic E-state index is 0.0849. The highest BCUT2D eigenvalue weighted by molar-refractivity contribution is 5.25. The molecule has 1 rings (SSSR count). The fourth-order valence-electron chi connectivity index (χ4n) is 0.571. The van der Waals surface area contributed by atoms with Crippen molar-refractivity contribution < 1.29 is 5.11 Å². The molecule has 0 fully saturated rings. The molecule has 10 heavy (non-hydrogen) atoms. The van der Waals surface area contributed by atoms with Crippen LogP contribution < -0.4 is 5.32 Å². The Labute approximate surface area is 58.9 Å². The van der Waals surface area contributed by atoms with Crippen molar-refractivity contribution in [1.82, 2.24) is 9.97 Å². The normalized spacial score (nSPS) is 9.30. The van der Waals surface area contributed by atoms with Crippen molar-refractivity contribution in [3.63, 3.8) is 0 Å². The van der Waals surface area contributed by atoms with Gasteiger partial charge in [-0.1, -0.05) is 0 Å². The Morgan fingerprint density at radius 1 is 1.50 bits per heavy atom. The van der Waals surface area contributed by atoms with Gasteiger partial charge in [0.1, 0.15) is 0 Å². The largest absolute Gasteiger partial charge is 0.505 e. The third kappa shape index (κ3) is 1.58. The van der Waals surface area contributed by atoms with Gasteiger partial charge in [0.25, 0.3) is 0 Å². The monoisotopic (exact) mass is 139 g/mol. The first-order valence-electron chi connectivity index (χ1n) is 3.08. The molecule has 0 unspecified atom stereocenters. The van der Waals surface area contributed by atoms with Crippen LogP contribution in [0.15, 0.2) is 12.4 Å². The molecule has 0 aliphatic heterocycles. The van der Waals surface area contributed by atoms with Crippen molar-refractivity contribution in [1.29, 1.82) is 0 Å². The van der Waals surface area contributed by atoms with Crippen molar-refractivity contribution in [2.45, 2.75) is 6.92 Å². The van der Waals surface area contributed by atoms with Crippen LogP contribution >= 0.6 is 0 Å². The molecule has 0 aliphatic rings. The Balaban J connectivity index is 2.69. The van der Waals surface area contributed by atoms with Crippen LogP contribution in [-0.2, 0) is 0 Å². The Hall–Kier alpha value is -1.32. The van der Waals surface area contributed by atoms with Crippen LogP contribution in [0.4, 0.5) is 5.95 Å². The summed E-state index contributed by atoms with van der Waals surface area (Å²) >= 11 is 0. The van der Waals surface area contributed by atoms with Crippen LogP contribution in [0.5, 0.6) is 5.75 Å². The molecule has 0 bridgehead atoms. The van der Waals surface area contributed by atoms with E-state index in [1.807, 2.05) is 6.92 Å². The molecule has 0 atom stereocenters. The molecule has 4 heteroatoms. The van der Waals surface area contributed by atoms with Gasteiger partial charge in [-0.05, 0) is 6.92 Å². The van der Waals surface area contributed by atoms with Gasteiger partial charge in [0.05, 0.1) is 12.4 Å². The molecule has 0 saturated heterocycles. The molecule has 0 aromatic carbocycles. The van der Waals surface area contributed by atoms with E-state index in [2.05, 4.69) is 15.3 Å². The van der Waals surface area contributed by atoms with Gasteiger partial charge in [-0.15, -0.1) is 0 Å². The van der Waals surface area contributed by atoms with Crippen LogP contribution in [0.25, 0.3) is 0 Å². The molecule has 0 radical (unpaired) electrons. The minimum absolute atomic E-state index is 0.0849. The van der Waals surface area contributed by atoms with Crippen LogP contribution in [0, 0.1) is 0 Å². The van der Waals surface area contributed by atoms with E-state index in [0.717, 1.165) is 6.54 Å². The maximum atomic E-state index is 8.77. The fourth-order valence-corrected chi connectivity index (χ4v) is 0.571. The first-order valence-corrected chi connectivity index (χ1v) is 3.08. The number of nitrogens with one attached hydrogen (secondary N) is 1. The number of rotatable bonds is 2. The van der Waals surface area contributed by atoms with Gasteiger partial charge in [-0.2, -0.15) is 0 Å². The van der Waals surface area contributed by atoms with Crippen molar-refractivity contribution in [2.75, 3.05) is 11.9 Å². The fraction of sp³-hybridized carbons (Fsp3) is 0.333. The first kappa shape index (κ1) is 6.80. The summed E-state index contributed by atoms with van der Waals surface area (Å²) in [6, 6.07) is 0. The highest BCUT2D eigenvalue weighted by atomic mass is 16.3. The lowest BCUT2D eigenvalue weighted by molar-refractivity contribution is 0.470. The van der Waals surface area contributed by atoms with E-state index >= 15 is 0 Å². The molecule has 0 saturated carbocycles. The van der Waals surface area contributed by atoms with E-state index < -0.39 is 0 Å². The van der Waals surface area contributed by atoms with Gasteiger partial charge in [0, 0.05) is 6.54 Å². The van der Waals surface area contributed by atoms with Gasteiger partial charge in [0.15, 0.2) is 5.75 Å². The number of anilines is 1. The standard InChI is InChI=1S/C6H9N3O/c1-2-7-6-8-3-5(10)4-9-6/h3-4,10H,2H2,1H3,(H,7,8,9). The zero-order valence-electron chi connectivity index (χ0n) is 5.70. The predicted molar refractivity (Wildman–Crippen MR) is 37.9 cm³/mol. The second-order valence-corrected chi connectivity index (χ2v) is 1.80. The summed E-state index contributed by atoms with van der Waals surface area (Å²) < 4.78 is 0. The summed E-state index contributed by atoms with van der Waals surface area (Å²) in [6.45, 7) is 2.74. The van der Waals surface area contributed by atoms with Gasteiger partial charge < -0.3 is 10.4 Å². The van der Waals surface area contributed by atoms with E-state index in [0.29, 0.717) is 5.95 Å². The van der Waals surface area contributed by atoms with Gasteiger partial charge in [0.2, 0.25) is 5.95 Å². The zero-order chi connectivity index (χ0) is 7.40. The Morgan fingerprint density at radius 3 is 2.60 bits per heavy atom. The quantitative estimate of drug-likeness (QED) is 0.630. The molecule has 54 valence electrons. The molecule has 0 aliphatic carbocycles. The number of hydrogen-bond donors (Lipinski definition) is 2. The van der Waals surface area contributed by atoms with Gasteiger partial charge >= 0.3 is 0 Å². The molecule has 0 spiro atoms.